The van der Waals surface area contributed by atoms with E-state index in [9.17, 15) is 14.3 Å². The predicted molar refractivity (Wildman–Crippen MR) is 103 cm³/mol. The van der Waals surface area contributed by atoms with E-state index in [1.807, 2.05) is 6.07 Å². The molecule has 0 spiro atoms. The molecule has 2 N–H and O–H groups in total. The SMILES string of the molecule is COc1ccc(C(NC(=O)c2cc3cc(F)ccc3n2C)C2CC(O)C2)cn1. The summed E-state index contributed by atoms with van der Waals surface area (Å²) < 4.78 is 20.4. The van der Waals surface area contributed by atoms with Crippen LogP contribution in [0.1, 0.15) is 34.9 Å². The predicted octanol–water partition coefficient (Wildman–Crippen LogP) is 2.96. The number of amides is 1. The van der Waals surface area contributed by atoms with Gasteiger partial charge in [0.05, 0.1) is 19.3 Å². The van der Waals surface area contributed by atoms with Crippen molar-refractivity contribution in [3.8, 4) is 5.88 Å². The number of halogens is 1. The Balaban J connectivity index is 1.62. The van der Waals surface area contributed by atoms with Crippen molar-refractivity contribution in [2.75, 3.05) is 7.11 Å². The minimum Gasteiger partial charge on any atom is -0.481 e. The number of methoxy groups -OCH3 is 1. The van der Waals surface area contributed by atoms with E-state index in [-0.39, 0.29) is 29.8 Å². The number of rotatable bonds is 5. The fraction of sp³-hybridized carbons (Fsp3) is 0.333. The molecule has 1 atom stereocenters. The normalized spacial score (nSPS) is 19.9. The number of benzene rings is 1. The van der Waals surface area contributed by atoms with Crippen LogP contribution >= 0.6 is 0 Å². The number of carbonyl (C=O) groups is 1. The van der Waals surface area contributed by atoms with E-state index in [4.69, 9.17) is 4.74 Å². The monoisotopic (exact) mass is 383 g/mol. The Morgan fingerprint density at radius 3 is 2.75 bits per heavy atom. The number of nitrogens with one attached hydrogen (secondary N) is 1. The van der Waals surface area contributed by atoms with Gasteiger partial charge in [0, 0.05) is 30.2 Å². The molecule has 1 fully saturated rings. The summed E-state index contributed by atoms with van der Waals surface area (Å²) in [5.41, 5.74) is 2.09. The number of aromatic nitrogens is 2. The molecule has 1 aromatic carbocycles. The van der Waals surface area contributed by atoms with E-state index >= 15 is 0 Å². The summed E-state index contributed by atoms with van der Waals surface area (Å²) in [6.07, 6.45) is 2.59. The van der Waals surface area contributed by atoms with Crippen LogP contribution in [-0.4, -0.2) is 33.8 Å². The largest absolute Gasteiger partial charge is 0.481 e. The lowest BCUT2D eigenvalue weighted by Crippen LogP contribution is -2.41. The first-order valence-electron chi connectivity index (χ1n) is 9.20. The molecule has 0 bridgehead atoms. The zero-order valence-electron chi connectivity index (χ0n) is 15.7. The quantitative estimate of drug-likeness (QED) is 0.710. The number of fused-ring (bicyclic) bond motifs is 1. The first-order valence-corrected chi connectivity index (χ1v) is 9.20. The van der Waals surface area contributed by atoms with Crippen molar-refractivity contribution in [1.29, 1.82) is 0 Å². The Labute approximate surface area is 162 Å². The van der Waals surface area contributed by atoms with Gasteiger partial charge < -0.3 is 19.7 Å². The molecule has 146 valence electrons. The van der Waals surface area contributed by atoms with E-state index < -0.39 is 0 Å². The number of nitrogens with zero attached hydrogens (tertiary/aromatic N) is 2. The number of hydrogen-bond donors (Lipinski definition) is 2. The molecule has 1 aliphatic rings. The van der Waals surface area contributed by atoms with Crippen LogP contribution in [0.2, 0.25) is 0 Å². The third-order valence-electron chi connectivity index (χ3n) is 5.47. The first kappa shape index (κ1) is 18.4. The minimum absolute atomic E-state index is 0.126. The highest BCUT2D eigenvalue weighted by molar-refractivity contribution is 5.98. The zero-order valence-corrected chi connectivity index (χ0v) is 15.7. The van der Waals surface area contributed by atoms with Crippen molar-refractivity contribution in [2.24, 2.45) is 13.0 Å². The Bertz CT molecular complexity index is 1010. The summed E-state index contributed by atoms with van der Waals surface area (Å²) in [7, 11) is 3.33. The molecule has 1 unspecified atom stereocenters. The van der Waals surface area contributed by atoms with Gasteiger partial charge >= 0.3 is 0 Å². The van der Waals surface area contributed by atoms with E-state index in [1.165, 1.54) is 12.1 Å². The molecule has 6 nitrogen and oxygen atoms in total. The number of aliphatic hydroxyl groups excluding tert-OH is 1. The molecule has 7 heteroatoms. The van der Waals surface area contributed by atoms with Crippen LogP contribution in [0.3, 0.4) is 0 Å². The summed E-state index contributed by atoms with van der Waals surface area (Å²) in [5, 5.41) is 13.5. The molecule has 2 heterocycles. The van der Waals surface area contributed by atoms with Crippen LogP contribution in [0, 0.1) is 11.7 Å². The van der Waals surface area contributed by atoms with Gasteiger partial charge in [0.2, 0.25) is 5.88 Å². The number of hydrogen-bond acceptors (Lipinski definition) is 4. The highest BCUT2D eigenvalue weighted by Crippen LogP contribution is 2.38. The Morgan fingerprint density at radius 1 is 1.32 bits per heavy atom. The summed E-state index contributed by atoms with van der Waals surface area (Å²) in [5.74, 6) is 0.0384. The molecular formula is C21H22FN3O3. The molecule has 2 aromatic heterocycles. The number of aliphatic hydroxyl groups is 1. The zero-order chi connectivity index (χ0) is 19.8. The summed E-state index contributed by atoms with van der Waals surface area (Å²) in [6, 6.07) is 9.50. The van der Waals surface area contributed by atoms with Crippen molar-refractivity contribution in [2.45, 2.75) is 25.0 Å². The fourth-order valence-corrected chi connectivity index (χ4v) is 3.83. The third-order valence-corrected chi connectivity index (χ3v) is 5.47. The van der Waals surface area contributed by atoms with Gasteiger partial charge in [0.15, 0.2) is 0 Å². The van der Waals surface area contributed by atoms with Crippen LogP contribution in [0.4, 0.5) is 4.39 Å². The maximum atomic E-state index is 13.5. The lowest BCUT2D eigenvalue weighted by atomic mass is 9.75. The number of aryl methyl sites for hydroxylation is 1. The molecule has 3 aromatic rings. The van der Waals surface area contributed by atoms with Crippen molar-refractivity contribution in [3.05, 3.63) is 59.7 Å². The van der Waals surface area contributed by atoms with Gasteiger partial charge in [-0.3, -0.25) is 4.79 Å². The van der Waals surface area contributed by atoms with E-state index in [1.54, 1.807) is 43.1 Å². The average molecular weight is 383 g/mol. The average Bonchev–Trinajstić information content (AvgIpc) is 2.99. The number of ether oxygens (including phenoxy) is 1. The van der Waals surface area contributed by atoms with Gasteiger partial charge in [-0.25, -0.2) is 9.37 Å². The van der Waals surface area contributed by atoms with E-state index in [0.29, 0.717) is 29.8 Å². The van der Waals surface area contributed by atoms with Gasteiger partial charge in [-0.05, 0) is 48.6 Å². The molecule has 28 heavy (non-hydrogen) atoms. The van der Waals surface area contributed by atoms with Crippen molar-refractivity contribution in [1.82, 2.24) is 14.9 Å². The van der Waals surface area contributed by atoms with Gasteiger partial charge in [-0.1, -0.05) is 6.07 Å². The minimum atomic E-state index is -0.337. The summed E-state index contributed by atoms with van der Waals surface area (Å²) in [4.78, 5) is 17.3. The molecule has 1 amide bonds. The lowest BCUT2D eigenvalue weighted by molar-refractivity contribution is 0.0233. The molecule has 1 saturated carbocycles. The van der Waals surface area contributed by atoms with Crippen LogP contribution in [0.5, 0.6) is 5.88 Å². The lowest BCUT2D eigenvalue weighted by Gasteiger charge is -2.38. The van der Waals surface area contributed by atoms with Gasteiger partial charge in [0.25, 0.3) is 5.91 Å². The maximum Gasteiger partial charge on any atom is 0.268 e. The van der Waals surface area contributed by atoms with Crippen LogP contribution < -0.4 is 10.1 Å². The van der Waals surface area contributed by atoms with Crippen LogP contribution in [0.25, 0.3) is 10.9 Å². The first-order chi connectivity index (χ1) is 13.5. The standard InChI is InChI=1S/C21H22FN3O3/c1-25-17-5-4-15(22)7-13(17)10-18(25)21(27)24-20(14-8-16(26)9-14)12-3-6-19(28-2)23-11-12/h3-7,10-11,14,16,20,26H,8-9H2,1-2H3,(H,24,27). The van der Waals surface area contributed by atoms with Crippen LogP contribution in [0.15, 0.2) is 42.6 Å². The maximum absolute atomic E-state index is 13.5. The van der Waals surface area contributed by atoms with Crippen LogP contribution in [-0.2, 0) is 7.05 Å². The van der Waals surface area contributed by atoms with Crippen molar-refractivity contribution in [3.63, 3.8) is 0 Å². The molecular weight excluding hydrogens is 361 g/mol. The fourth-order valence-electron chi connectivity index (χ4n) is 3.83. The van der Waals surface area contributed by atoms with Gasteiger partial charge in [0.1, 0.15) is 11.5 Å². The van der Waals surface area contributed by atoms with Crippen molar-refractivity contribution >= 4 is 16.8 Å². The Hall–Kier alpha value is -2.93. The van der Waals surface area contributed by atoms with Crippen molar-refractivity contribution < 1.29 is 19.0 Å². The third kappa shape index (κ3) is 3.33. The molecule has 4 rings (SSSR count). The number of pyridine rings is 1. The van der Waals surface area contributed by atoms with Gasteiger partial charge in [-0.15, -0.1) is 0 Å². The Morgan fingerprint density at radius 2 is 2.11 bits per heavy atom. The Kier molecular flexibility index (Phi) is 4.77. The summed E-state index contributed by atoms with van der Waals surface area (Å²) >= 11 is 0. The number of carbonyl (C=O) groups excluding carboxylic acids is 1. The molecule has 1 aliphatic carbocycles. The second-order valence-electron chi connectivity index (χ2n) is 7.26. The highest BCUT2D eigenvalue weighted by atomic mass is 19.1. The highest BCUT2D eigenvalue weighted by Gasteiger charge is 2.36. The summed E-state index contributed by atoms with van der Waals surface area (Å²) in [6.45, 7) is 0. The molecule has 0 aliphatic heterocycles. The van der Waals surface area contributed by atoms with E-state index in [0.717, 1.165) is 11.1 Å². The molecule has 0 saturated heterocycles. The second kappa shape index (κ2) is 7.24. The van der Waals surface area contributed by atoms with Gasteiger partial charge in [-0.2, -0.15) is 0 Å². The smallest absolute Gasteiger partial charge is 0.268 e. The van der Waals surface area contributed by atoms with E-state index in [2.05, 4.69) is 10.3 Å². The molecule has 0 radical (unpaired) electrons. The topological polar surface area (TPSA) is 76.4 Å². The second-order valence-corrected chi connectivity index (χ2v) is 7.26.